The molecule has 5 heteroatoms. The van der Waals surface area contributed by atoms with Gasteiger partial charge in [0.25, 0.3) is 0 Å². The lowest BCUT2D eigenvalue weighted by molar-refractivity contribution is 0.171. The van der Waals surface area contributed by atoms with E-state index in [4.69, 9.17) is 23.2 Å². The molecule has 0 aliphatic carbocycles. The summed E-state index contributed by atoms with van der Waals surface area (Å²) in [6.07, 6.45) is -0.508. The Morgan fingerprint density at radius 3 is 2.79 bits per heavy atom. The minimum atomic E-state index is -0.508. The summed E-state index contributed by atoms with van der Waals surface area (Å²) in [6.45, 7) is 2.47. The molecule has 0 bridgehead atoms. The molecular formula is C14H15Cl2NOS. The number of hydrogen-bond donors (Lipinski definition) is 2. The number of nitrogens with one attached hydrogen (secondary N) is 1. The van der Waals surface area contributed by atoms with Crippen LogP contribution in [0.2, 0.25) is 10.0 Å². The normalized spacial score (nSPS) is 14.3. The third-order valence-electron chi connectivity index (χ3n) is 2.97. The van der Waals surface area contributed by atoms with Crippen molar-refractivity contribution in [3.8, 4) is 0 Å². The van der Waals surface area contributed by atoms with Crippen LogP contribution in [0.1, 0.15) is 30.2 Å². The van der Waals surface area contributed by atoms with E-state index in [1.165, 1.54) is 0 Å². The molecule has 19 heavy (non-hydrogen) atoms. The van der Waals surface area contributed by atoms with Gasteiger partial charge in [-0.1, -0.05) is 23.2 Å². The second kappa shape index (κ2) is 6.73. The topological polar surface area (TPSA) is 32.3 Å². The van der Waals surface area contributed by atoms with Gasteiger partial charge in [0.2, 0.25) is 0 Å². The van der Waals surface area contributed by atoms with Gasteiger partial charge in [-0.25, -0.2) is 0 Å². The predicted octanol–water partition coefficient (Wildman–Crippen LogP) is 4.44. The zero-order chi connectivity index (χ0) is 13.8. The fraction of sp³-hybridized carbons (Fsp3) is 0.286. The van der Waals surface area contributed by atoms with Gasteiger partial charge in [-0.3, -0.25) is 0 Å². The van der Waals surface area contributed by atoms with Crippen LogP contribution in [0.3, 0.4) is 0 Å². The van der Waals surface area contributed by atoms with E-state index in [1.54, 1.807) is 23.5 Å². The molecule has 0 radical (unpaired) electrons. The molecule has 2 aromatic rings. The van der Waals surface area contributed by atoms with E-state index >= 15 is 0 Å². The van der Waals surface area contributed by atoms with Crippen molar-refractivity contribution in [2.45, 2.75) is 19.1 Å². The monoisotopic (exact) mass is 315 g/mol. The maximum atomic E-state index is 10.0. The van der Waals surface area contributed by atoms with Gasteiger partial charge in [-0.15, -0.1) is 0 Å². The van der Waals surface area contributed by atoms with Crippen LogP contribution in [0.15, 0.2) is 35.0 Å². The second-order valence-corrected chi connectivity index (χ2v) is 5.99. The molecule has 0 saturated heterocycles. The van der Waals surface area contributed by atoms with Crippen molar-refractivity contribution in [3.63, 3.8) is 0 Å². The Morgan fingerprint density at radius 1 is 1.32 bits per heavy atom. The predicted molar refractivity (Wildman–Crippen MR) is 82.2 cm³/mol. The molecule has 2 nitrogen and oxygen atoms in total. The molecule has 1 heterocycles. The van der Waals surface area contributed by atoms with Crippen molar-refractivity contribution >= 4 is 34.5 Å². The summed E-state index contributed by atoms with van der Waals surface area (Å²) in [6, 6.07) is 7.35. The van der Waals surface area contributed by atoms with Gasteiger partial charge >= 0.3 is 0 Å². The van der Waals surface area contributed by atoms with Crippen LogP contribution in [0, 0.1) is 0 Å². The van der Waals surface area contributed by atoms with Crippen LogP contribution in [0.5, 0.6) is 0 Å². The van der Waals surface area contributed by atoms with Crippen LogP contribution in [-0.2, 0) is 0 Å². The Labute approximate surface area is 127 Å². The molecule has 1 aromatic carbocycles. The van der Waals surface area contributed by atoms with Gasteiger partial charge in [-0.05, 0) is 53.1 Å². The first-order valence-electron chi connectivity index (χ1n) is 5.96. The zero-order valence-corrected chi connectivity index (χ0v) is 12.8. The van der Waals surface area contributed by atoms with Crippen molar-refractivity contribution in [3.05, 3.63) is 56.2 Å². The highest BCUT2D eigenvalue weighted by atomic mass is 35.5. The van der Waals surface area contributed by atoms with E-state index in [1.807, 2.05) is 29.8 Å². The summed E-state index contributed by atoms with van der Waals surface area (Å²) < 4.78 is 0. The molecule has 0 saturated carbocycles. The molecule has 2 N–H and O–H groups in total. The number of aliphatic hydroxyl groups is 1. The molecule has 0 aliphatic heterocycles. The number of hydrogen-bond acceptors (Lipinski definition) is 3. The first kappa shape index (κ1) is 14.8. The van der Waals surface area contributed by atoms with Gasteiger partial charge in [0, 0.05) is 22.6 Å². The SMILES string of the molecule is CC(NCC(O)c1ccsc1)c1cc(Cl)ccc1Cl. The average Bonchev–Trinajstić information content (AvgIpc) is 2.92. The lowest BCUT2D eigenvalue weighted by atomic mass is 10.1. The van der Waals surface area contributed by atoms with Crippen LogP contribution in [-0.4, -0.2) is 11.7 Å². The highest BCUT2D eigenvalue weighted by molar-refractivity contribution is 7.07. The molecule has 102 valence electrons. The van der Waals surface area contributed by atoms with Crippen molar-refractivity contribution in [1.82, 2.24) is 5.32 Å². The summed E-state index contributed by atoms with van der Waals surface area (Å²) in [5.74, 6) is 0. The van der Waals surface area contributed by atoms with E-state index in [0.29, 0.717) is 16.6 Å². The summed E-state index contributed by atoms with van der Waals surface area (Å²) in [5.41, 5.74) is 1.87. The minimum absolute atomic E-state index is 0.0273. The third-order valence-corrected chi connectivity index (χ3v) is 4.25. The summed E-state index contributed by atoms with van der Waals surface area (Å²) in [4.78, 5) is 0. The highest BCUT2D eigenvalue weighted by Gasteiger charge is 2.13. The van der Waals surface area contributed by atoms with E-state index in [9.17, 15) is 5.11 Å². The number of benzene rings is 1. The molecule has 0 amide bonds. The van der Waals surface area contributed by atoms with Crippen LogP contribution >= 0.6 is 34.5 Å². The fourth-order valence-electron chi connectivity index (χ4n) is 1.83. The van der Waals surface area contributed by atoms with E-state index in [2.05, 4.69) is 5.32 Å². The van der Waals surface area contributed by atoms with Gasteiger partial charge in [0.15, 0.2) is 0 Å². The molecule has 2 atom stereocenters. The maximum Gasteiger partial charge on any atom is 0.0922 e. The van der Waals surface area contributed by atoms with Crippen molar-refractivity contribution in [1.29, 1.82) is 0 Å². The first-order chi connectivity index (χ1) is 9.08. The van der Waals surface area contributed by atoms with Gasteiger partial charge < -0.3 is 10.4 Å². The lowest BCUT2D eigenvalue weighted by Gasteiger charge is -2.18. The van der Waals surface area contributed by atoms with Gasteiger partial charge in [-0.2, -0.15) is 11.3 Å². The van der Waals surface area contributed by atoms with Crippen LogP contribution < -0.4 is 5.32 Å². The molecule has 2 unspecified atom stereocenters. The highest BCUT2D eigenvalue weighted by Crippen LogP contribution is 2.26. The minimum Gasteiger partial charge on any atom is -0.387 e. The Balaban J connectivity index is 1.97. The number of rotatable bonds is 5. The zero-order valence-electron chi connectivity index (χ0n) is 10.4. The second-order valence-electron chi connectivity index (χ2n) is 4.37. The Bertz CT molecular complexity index is 530. The molecular weight excluding hydrogens is 301 g/mol. The Kier molecular flexibility index (Phi) is 5.25. The lowest BCUT2D eigenvalue weighted by Crippen LogP contribution is -2.24. The van der Waals surface area contributed by atoms with Crippen LogP contribution in [0.4, 0.5) is 0 Å². The summed E-state index contributed by atoms with van der Waals surface area (Å²) in [7, 11) is 0. The molecule has 2 rings (SSSR count). The average molecular weight is 316 g/mol. The largest absolute Gasteiger partial charge is 0.387 e. The number of thiophene rings is 1. The van der Waals surface area contributed by atoms with E-state index in [0.717, 1.165) is 11.1 Å². The van der Waals surface area contributed by atoms with E-state index in [-0.39, 0.29) is 6.04 Å². The first-order valence-corrected chi connectivity index (χ1v) is 7.66. The third kappa shape index (κ3) is 3.94. The van der Waals surface area contributed by atoms with Crippen molar-refractivity contribution in [2.75, 3.05) is 6.54 Å². The summed E-state index contributed by atoms with van der Waals surface area (Å²) in [5, 5.41) is 18.5. The Hall–Kier alpha value is -0.580. The molecule has 0 spiro atoms. The van der Waals surface area contributed by atoms with E-state index < -0.39 is 6.10 Å². The quantitative estimate of drug-likeness (QED) is 0.855. The summed E-state index contributed by atoms with van der Waals surface area (Å²) >= 11 is 13.7. The number of halogens is 2. The standard InChI is InChI=1S/C14H15Cl2NOS/c1-9(12-6-11(15)2-3-13(12)16)17-7-14(18)10-4-5-19-8-10/h2-6,8-9,14,17-18H,7H2,1H3. The number of aliphatic hydroxyl groups excluding tert-OH is 1. The van der Waals surface area contributed by atoms with Gasteiger partial charge in [0.05, 0.1) is 6.10 Å². The molecule has 0 aliphatic rings. The van der Waals surface area contributed by atoms with Gasteiger partial charge in [0.1, 0.15) is 0 Å². The van der Waals surface area contributed by atoms with Crippen molar-refractivity contribution in [2.24, 2.45) is 0 Å². The van der Waals surface area contributed by atoms with Crippen LogP contribution in [0.25, 0.3) is 0 Å². The maximum absolute atomic E-state index is 10.0. The molecule has 0 fully saturated rings. The smallest absolute Gasteiger partial charge is 0.0922 e. The molecule has 1 aromatic heterocycles. The van der Waals surface area contributed by atoms with Crippen molar-refractivity contribution < 1.29 is 5.11 Å². The Morgan fingerprint density at radius 2 is 2.11 bits per heavy atom. The fourth-order valence-corrected chi connectivity index (χ4v) is 3.00.